The van der Waals surface area contributed by atoms with E-state index in [2.05, 4.69) is 9.97 Å². The van der Waals surface area contributed by atoms with Crippen molar-refractivity contribution in [3.63, 3.8) is 0 Å². The zero-order valence-corrected chi connectivity index (χ0v) is 14.6. The fourth-order valence-electron chi connectivity index (χ4n) is 2.70. The molecule has 0 saturated carbocycles. The van der Waals surface area contributed by atoms with E-state index in [1.807, 2.05) is 24.4 Å². The fraction of sp³-hybridized carbons (Fsp3) is 0.118. The highest BCUT2D eigenvalue weighted by Crippen LogP contribution is 2.22. The molecule has 0 atom stereocenters. The first-order valence-corrected chi connectivity index (χ1v) is 7.08. The van der Waals surface area contributed by atoms with Crippen LogP contribution in [0.4, 0.5) is 4.39 Å². The molecule has 0 aliphatic carbocycles. The SMILES string of the molecule is Br.Cc1cn2cc(-c3cc4ccc(F)cc4oc3=O)nc2c(C)n1. The maximum absolute atomic E-state index is 13.2. The number of aromatic nitrogens is 3. The van der Waals surface area contributed by atoms with Crippen molar-refractivity contribution in [1.82, 2.24) is 14.4 Å². The quantitative estimate of drug-likeness (QED) is 0.464. The van der Waals surface area contributed by atoms with Crippen molar-refractivity contribution in [3.8, 4) is 11.3 Å². The van der Waals surface area contributed by atoms with Gasteiger partial charge in [-0.3, -0.25) is 4.98 Å². The summed E-state index contributed by atoms with van der Waals surface area (Å²) in [6.07, 6.45) is 3.61. The molecule has 3 aromatic heterocycles. The number of benzene rings is 1. The molecule has 0 unspecified atom stereocenters. The summed E-state index contributed by atoms with van der Waals surface area (Å²) >= 11 is 0. The lowest BCUT2D eigenvalue weighted by Crippen LogP contribution is -2.02. The molecule has 0 aliphatic rings. The zero-order valence-electron chi connectivity index (χ0n) is 12.9. The van der Waals surface area contributed by atoms with Gasteiger partial charge in [-0.2, -0.15) is 0 Å². The summed E-state index contributed by atoms with van der Waals surface area (Å²) in [4.78, 5) is 21.1. The maximum atomic E-state index is 13.2. The average Bonchev–Trinajstić information content (AvgIpc) is 2.90. The van der Waals surface area contributed by atoms with E-state index in [0.29, 0.717) is 22.3 Å². The van der Waals surface area contributed by atoms with E-state index in [0.717, 1.165) is 11.4 Å². The molecular weight excluding hydrogens is 377 g/mol. The van der Waals surface area contributed by atoms with Crippen LogP contribution in [0.1, 0.15) is 11.4 Å². The molecule has 5 nitrogen and oxygen atoms in total. The number of halogens is 2. The number of fused-ring (bicyclic) bond motifs is 2. The highest BCUT2D eigenvalue weighted by atomic mass is 79.9. The van der Waals surface area contributed by atoms with Crippen molar-refractivity contribution < 1.29 is 8.81 Å². The van der Waals surface area contributed by atoms with E-state index in [9.17, 15) is 9.18 Å². The van der Waals surface area contributed by atoms with Crippen molar-refractivity contribution in [2.75, 3.05) is 0 Å². The largest absolute Gasteiger partial charge is 0.422 e. The maximum Gasteiger partial charge on any atom is 0.345 e. The van der Waals surface area contributed by atoms with Crippen LogP contribution in [0.5, 0.6) is 0 Å². The van der Waals surface area contributed by atoms with Gasteiger partial charge in [0.2, 0.25) is 0 Å². The van der Waals surface area contributed by atoms with Gasteiger partial charge in [-0.05, 0) is 32.0 Å². The topological polar surface area (TPSA) is 60.4 Å². The minimum Gasteiger partial charge on any atom is -0.422 e. The molecule has 24 heavy (non-hydrogen) atoms. The van der Waals surface area contributed by atoms with Crippen molar-refractivity contribution in [1.29, 1.82) is 0 Å². The highest BCUT2D eigenvalue weighted by molar-refractivity contribution is 8.93. The first kappa shape index (κ1) is 16.3. The van der Waals surface area contributed by atoms with E-state index < -0.39 is 11.4 Å². The number of imidazole rings is 1. The highest BCUT2D eigenvalue weighted by Gasteiger charge is 2.13. The lowest BCUT2D eigenvalue weighted by Gasteiger charge is -1.99. The van der Waals surface area contributed by atoms with Gasteiger partial charge in [0.1, 0.15) is 11.4 Å². The third-order valence-corrected chi connectivity index (χ3v) is 3.70. The Hall–Kier alpha value is -2.54. The van der Waals surface area contributed by atoms with Crippen LogP contribution in [0, 0.1) is 19.7 Å². The molecule has 0 amide bonds. The first-order chi connectivity index (χ1) is 11.0. The summed E-state index contributed by atoms with van der Waals surface area (Å²) < 4.78 is 20.3. The molecule has 0 fully saturated rings. The average molecular weight is 390 g/mol. The summed E-state index contributed by atoms with van der Waals surface area (Å²) in [5.74, 6) is -0.446. The lowest BCUT2D eigenvalue weighted by molar-refractivity contribution is 0.556. The van der Waals surface area contributed by atoms with Crippen LogP contribution in [0.15, 0.2) is 45.9 Å². The Morgan fingerprint density at radius 3 is 2.71 bits per heavy atom. The molecule has 3 heterocycles. The fourth-order valence-corrected chi connectivity index (χ4v) is 2.70. The Kier molecular flexibility index (Phi) is 3.96. The van der Waals surface area contributed by atoms with Gasteiger partial charge < -0.3 is 8.82 Å². The number of aryl methyl sites for hydroxylation is 2. The molecule has 4 rings (SSSR count). The van der Waals surface area contributed by atoms with Crippen molar-refractivity contribution in [3.05, 3.63) is 64.3 Å². The standard InChI is InChI=1S/C17H12FN3O2.BrH/c1-9-7-21-8-14(20-16(21)10(2)19-9)13-5-11-3-4-12(18)6-15(11)23-17(13)22;/h3-8H,1-2H3;1H. The van der Waals surface area contributed by atoms with Crippen molar-refractivity contribution >= 4 is 33.6 Å². The molecule has 0 N–H and O–H groups in total. The van der Waals surface area contributed by atoms with Gasteiger partial charge >= 0.3 is 5.63 Å². The Labute approximate surface area is 146 Å². The van der Waals surface area contributed by atoms with Crippen molar-refractivity contribution in [2.24, 2.45) is 0 Å². The Bertz CT molecular complexity index is 1130. The third kappa shape index (κ3) is 2.60. The van der Waals surface area contributed by atoms with Crippen LogP contribution in [0.3, 0.4) is 0 Å². The monoisotopic (exact) mass is 389 g/mol. The minimum atomic E-state index is -0.547. The van der Waals surface area contributed by atoms with E-state index in [1.54, 1.807) is 18.3 Å². The Morgan fingerprint density at radius 1 is 1.12 bits per heavy atom. The second-order valence-corrected chi connectivity index (χ2v) is 5.45. The van der Waals surface area contributed by atoms with Gasteiger partial charge in [-0.15, -0.1) is 17.0 Å². The van der Waals surface area contributed by atoms with Gasteiger partial charge in [0.05, 0.1) is 22.6 Å². The summed E-state index contributed by atoms with van der Waals surface area (Å²) in [6, 6.07) is 5.76. The third-order valence-electron chi connectivity index (χ3n) is 3.70. The number of rotatable bonds is 1. The molecule has 4 aromatic rings. The zero-order chi connectivity index (χ0) is 16.1. The van der Waals surface area contributed by atoms with Crippen LogP contribution in [0.25, 0.3) is 27.9 Å². The first-order valence-electron chi connectivity index (χ1n) is 7.08. The minimum absolute atomic E-state index is 0. The van der Waals surface area contributed by atoms with Gasteiger partial charge in [-0.25, -0.2) is 14.2 Å². The van der Waals surface area contributed by atoms with Gasteiger partial charge in [0.15, 0.2) is 5.65 Å². The summed E-state index contributed by atoms with van der Waals surface area (Å²) in [5.41, 5.74) is 2.84. The summed E-state index contributed by atoms with van der Waals surface area (Å²) in [7, 11) is 0. The van der Waals surface area contributed by atoms with Gasteiger partial charge in [0, 0.05) is 23.8 Å². The van der Waals surface area contributed by atoms with E-state index >= 15 is 0 Å². The Balaban J connectivity index is 0.00000169. The predicted molar refractivity (Wildman–Crippen MR) is 94.2 cm³/mol. The van der Waals surface area contributed by atoms with E-state index in [4.69, 9.17) is 4.42 Å². The lowest BCUT2D eigenvalue weighted by atomic mass is 10.1. The molecule has 0 saturated heterocycles. The molecular formula is C17H13BrFN3O2. The van der Waals surface area contributed by atoms with Crippen LogP contribution in [-0.2, 0) is 0 Å². The van der Waals surface area contributed by atoms with Crippen LogP contribution >= 0.6 is 17.0 Å². The second-order valence-electron chi connectivity index (χ2n) is 5.45. The molecule has 122 valence electrons. The van der Waals surface area contributed by atoms with Crippen molar-refractivity contribution in [2.45, 2.75) is 13.8 Å². The molecule has 0 spiro atoms. The van der Waals surface area contributed by atoms with Crippen LogP contribution < -0.4 is 5.63 Å². The van der Waals surface area contributed by atoms with Crippen LogP contribution in [0.2, 0.25) is 0 Å². The molecule has 1 aromatic carbocycles. The number of hydrogen-bond acceptors (Lipinski definition) is 4. The normalized spacial score (nSPS) is 11.0. The van der Waals surface area contributed by atoms with Gasteiger partial charge in [-0.1, -0.05) is 0 Å². The molecule has 7 heteroatoms. The van der Waals surface area contributed by atoms with E-state index in [-0.39, 0.29) is 22.6 Å². The summed E-state index contributed by atoms with van der Waals surface area (Å²) in [5, 5.41) is 0.643. The van der Waals surface area contributed by atoms with Crippen LogP contribution in [-0.4, -0.2) is 14.4 Å². The summed E-state index contributed by atoms with van der Waals surface area (Å²) in [6.45, 7) is 3.76. The molecule has 0 radical (unpaired) electrons. The number of nitrogens with zero attached hydrogens (tertiary/aromatic N) is 3. The number of hydrogen-bond donors (Lipinski definition) is 0. The smallest absolute Gasteiger partial charge is 0.345 e. The Morgan fingerprint density at radius 2 is 1.92 bits per heavy atom. The molecule has 0 aliphatic heterocycles. The molecule has 0 bridgehead atoms. The predicted octanol–water partition coefficient (Wildman–Crippen LogP) is 3.84. The van der Waals surface area contributed by atoms with E-state index in [1.165, 1.54) is 12.1 Å². The second kappa shape index (κ2) is 5.83. The van der Waals surface area contributed by atoms with Gasteiger partial charge in [0.25, 0.3) is 0 Å².